The van der Waals surface area contributed by atoms with E-state index in [-0.39, 0.29) is 18.4 Å². The van der Waals surface area contributed by atoms with Crippen LogP contribution in [0.4, 0.5) is 0 Å². The number of nitrogens with zero attached hydrogens (tertiary/aromatic N) is 1. The first-order chi connectivity index (χ1) is 13.9. The van der Waals surface area contributed by atoms with E-state index in [0.717, 1.165) is 22.9 Å². The third-order valence-corrected chi connectivity index (χ3v) is 5.23. The zero-order valence-electron chi connectivity index (χ0n) is 16.7. The summed E-state index contributed by atoms with van der Waals surface area (Å²) in [4.78, 5) is 27.0. The van der Waals surface area contributed by atoms with Crippen molar-refractivity contribution in [1.82, 2.24) is 10.2 Å². The van der Waals surface area contributed by atoms with Crippen molar-refractivity contribution in [1.29, 1.82) is 0 Å². The fourth-order valence-corrected chi connectivity index (χ4v) is 3.44. The van der Waals surface area contributed by atoms with Gasteiger partial charge in [-0.3, -0.25) is 9.59 Å². The van der Waals surface area contributed by atoms with Crippen LogP contribution in [0.15, 0.2) is 53.0 Å². The van der Waals surface area contributed by atoms with E-state index in [2.05, 4.69) is 28.2 Å². The number of unbranched alkanes of at least 4 members (excludes halogenated alkanes) is 1. The van der Waals surface area contributed by atoms with Crippen LogP contribution in [-0.4, -0.2) is 35.9 Å². The minimum atomic E-state index is -0.622. The predicted molar refractivity (Wildman–Crippen MR) is 119 cm³/mol. The maximum Gasteiger partial charge on any atom is 0.261 e. The summed E-state index contributed by atoms with van der Waals surface area (Å²) in [6.45, 7) is 4.50. The molecule has 0 aliphatic rings. The zero-order chi connectivity index (χ0) is 21.2. The highest BCUT2D eigenvalue weighted by Crippen LogP contribution is 2.27. The summed E-state index contributed by atoms with van der Waals surface area (Å²) in [5.74, 6) is -0.0432. The molecule has 1 atom stereocenters. The largest absolute Gasteiger partial charge is 0.482 e. The molecule has 7 heteroatoms. The summed E-state index contributed by atoms with van der Waals surface area (Å²) in [5, 5.41) is 3.30. The van der Waals surface area contributed by atoms with Crippen LogP contribution in [0.3, 0.4) is 0 Å². The van der Waals surface area contributed by atoms with Gasteiger partial charge in [-0.25, -0.2) is 0 Å². The molecule has 5 nitrogen and oxygen atoms in total. The molecule has 0 aliphatic heterocycles. The predicted octanol–water partition coefficient (Wildman–Crippen LogP) is 4.81. The molecule has 0 fully saturated rings. The molecule has 2 aromatic rings. The lowest BCUT2D eigenvalue weighted by Crippen LogP contribution is -2.49. The summed E-state index contributed by atoms with van der Waals surface area (Å²) in [6.07, 6.45) is 1.89. The van der Waals surface area contributed by atoms with Gasteiger partial charge in [-0.1, -0.05) is 71.2 Å². The van der Waals surface area contributed by atoms with Crippen LogP contribution < -0.4 is 10.1 Å². The summed E-state index contributed by atoms with van der Waals surface area (Å²) < 4.78 is 6.45. The summed E-state index contributed by atoms with van der Waals surface area (Å²) in [7, 11) is 0. The minimum Gasteiger partial charge on any atom is -0.482 e. The van der Waals surface area contributed by atoms with Crippen LogP contribution in [0.2, 0.25) is 5.02 Å². The number of halogens is 2. The third kappa shape index (κ3) is 7.37. The average molecular weight is 482 g/mol. The molecular formula is C22H26BrClN2O3. The molecular weight excluding hydrogens is 456 g/mol. The number of hydrogen-bond acceptors (Lipinski definition) is 3. The van der Waals surface area contributed by atoms with Crippen molar-refractivity contribution in [2.75, 3.05) is 13.2 Å². The van der Waals surface area contributed by atoms with Crippen LogP contribution in [0, 0.1) is 0 Å². The lowest BCUT2D eigenvalue weighted by atomic mass is 10.1. The molecule has 0 aromatic heterocycles. The molecule has 2 amide bonds. The highest BCUT2D eigenvalue weighted by atomic mass is 79.9. The quantitative estimate of drug-likeness (QED) is 0.495. The zero-order valence-corrected chi connectivity index (χ0v) is 19.0. The molecule has 0 radical (unpaired) electrons. The number of benzene rings is 2. The first-order valence-corrected chi connectivity index (χ1v) is 10.8. The standard InChI is InChI=1S/C22H26BrClN2O3/c1-3-4-12-25-22(28)16(2)26(14-17-8-6-5-7-9-17)21(27)15-29-20-11-10-18(23)13-19(20)24/h5-11,13,16H,3-4,12,14-15H2,1-2H3,(H,25,28)/t16-/m1/s1. The third-order valence-electron chi connectivity index (χ3n) is 4.44. The normalized spacial score (nSPS) is 11.6. The van der Waals surface area contributed by atoms with Gasteiger partial charge in [0.25, 0.3) is 5.91 Å². The molecule has 0 heterocycles. The monoisotopic (exact) mass is 480 g/mol. The number of ether oxygens (including phenoxy) is 1. The van der Waals surface area contributed by atoms with E-state index in [1.54, 1.807) is 25.1 Å². The Kier molecular flexibility index (Phi) is 9.48. The molecule has 29 heavy (non-hydrogen) atoms. The van der Waals surface area contributed by atoms with E-state index < -0.39 is 6.04 Å². The van der Waals surface area contributed by atoms with Gasteiger partial charge in [0.15, 0.2) is 6.61 Å². The number of carbonyl (C=O) groups excluding carboxylic acids is 2. The number of nitrogens with one attached hydrogen (secondary N) is 1. The van der Waals surface area contributed by atoms with E-state index in [1.165, 1.54) is 4.90 Å². The summed E-state index contributed by atoms with van der Waals surface area (Å²) in [5.41, 5.74) is 0.940. The van der Waals surface area contributed by atoms with Gasteiger partial charge in [-0.2, -0.15) is 0 Å². The maximum absolute atomic E-state index is 12.9. The van der Waals surface area contributed by atoms with Gasteiger partial charge in [0.05, 0.1) is 5.02 Å². The Labute approximate surface area is 185 Å². The Bertz CT molecular complexity index is 817. The van der Waals surface area contributed by atoms with E-state index in [1.807, 2.05) is 30.3 Å². The molecule has 0 aliphatic carbocycles. The van der Waals surface area contributed by atoms with Gasteiger partial charge in [0.2, 0.25) is 5.91 Å². The second-order valence-corrected chi connectivity index (χ2v) is 8.01. The first kappa shape index (κ1) is 23.2. The highest BCUT2D eigenvalue weighted by Gasteiger charge is 2.26. The van der Waals surface area contributed by atoms with Crippen LogP contribution in [0.5, 0.6) is 5.75 Å². The topological polar surface area (TPSA) is 58.6 Å². The minimum absolute atomic E-state index is 0.176. The Morgan fingerprint density at radius 2 is 1.93 bits per heavy atom. The van der Waals surface area contributed by atoms with Crippen molar-refractivity contribution in [3.05, 3.63) is 63.6 Å². The van der Waals surface area contributed by atoms with Gasteiger partial charge in [-0.05, 0) is 37.1 Å². The number of hydrogen-bond donors (Lipinski definition) is 1. The average Bonchev–Trinajstić information content (AvgIpc) is 2.71. The van der Waals surface area contributed by atoms with Crippen molar-refractivity contribution in [3.8, 4) is 5.75 Å². The van der Waals surface area contributed by atoms with E-state index in [9.17, 15) is 9.59 Å². The first-order valence-electron chi connectivity index (χ1n) is 9.61. The van der Waals surface area contributed by atoms with Crippen LogP contribution >= 0.6 is 27.5 Å². The molecule has 1 N–H and O–H groups in total. The number of carbonyl (C=O) groups is 2. The molecule has 0 unspecified atom stereocenters. The van der Waals surface area contributed by atoms with Gasteiger partial charge in [0.1, 0.15) is 11.8 Å². The van der Waals surface area contributed by atoms with Gasteiger partial charge in [0, 0.05) is 17.6 Å². The lowest BCUT2D eigenvalue weighted by molar-refractivity contribution is -0.142. The van der Waals surface area contributed by atoms with Crippen LogP contribution in [0.1, 0.15) is 32.3 Å². The maximum atomic E-state index is 12.9. The Balaban J connectivity index is 2.10. The number of rotatable bonds is 10. The molecule has 0 spiro atoms. The molecule has 0 bridgehead atoms. The Morgan fingerprint density at radius 1 is 1.21 bits per heavy atom. The number of amides is 2. The van der Waals surface area contributed by atoms with Gasteiger partial charge < -0.3 is 15.0 Å². The highest BCUT2D eigenvalue weighted by molar-refractivity contribution is 9.10. The van der Waals surface area contributed by atoms with Gasteiger partial charge >= 0.3 is 0 Å². The summed E-state index contributed by atoms with van der Waals surface area (Å²) in [6, 6.07) is 14.1. The lowest BCUT2D eigenvalue weighted by Gasteiger charge is -2.28. The SMILES string of the molecule is CCCCNC(=O)[C@@H](C)N(Cc1ccccc1)C(=O)COc1ccc(Br)cc1Cl. The second-order valence-electron chi connectivity index (χ2n) is 6.69. The van der Waals surface area contributed by atoms with Crippen molar-refractivity contribution in [2.24, 2.45) is 0 Å². The van der Waals surface area contributed by atoms with Crippen LogP contribution in [-0.2, 0) is 16.1 Å². The molecule has 0 saturated heterocycles. The summed E-state index contributed by atoms with van der Waals surface area (Å²) >= 11 is 9.50. The molecule has 2 aromatic carbocycles. The van der Waals surface area contributed by atoms with Crippen molar-refractivity contribution in [3.63, 3.8) is 0 Å². The molecule has 0 saturated carbocycles. The smallest absolute Gasteiger partial charge is 0.261 e. The van der Waals surface area contributed by atoms with E-state index in [0.29, 0.717) is 23.9 Å². The fourth-order valence-electron chi connectivity index (χ4n) is 2.71. The van der Waals surface area contributed by atoms with Crippen molar-refractivity contribution < 1.29 is 14.3 Å². The van der Waals surface area contributed by atoms with Gasteiger partial charge in [-0.15, -0.1) is 0 Å². The Hall–Kier alpha value is -2.05. The van der Waals surface area contributed by atoms with Crippen molar-refractivity contribution in [2.45, 2.75) is 39.3 Å². The van der Waals surface area contributed by atoms with E-state index in [4.69, 9.17) is 16.3 Å². The Morgan fingerprint density at radius 3 is 2.59 bits per heavy atom. The molecule has 2 rings (SSSR count). The van der Waals surface area contributed by atoms with E-state index >= 15 is 0 Å². The fraction of sp³-hybridized carbons (Fsp3) is 0.364. The van der Waals surface area contributed by atoms with Crippen LogP contribution in [0.25, 0.3) is 0 Å². The van der Waals surface area contributed by atoms with Crippen molar-refractivity contribution >= 4 is 39.3 Å². The second kappa shape index (κ2) is 11.8. The molecule has 156 valence electrons.